The predicted molar refractivity (Wildman–Crippen MR) is 66.3 cm³/mol. The Morgan fingerprint density at radius 1 is 1.50 bits per heavy atom. The van der Waals surface area contributed by atoms with Crippen molar-refractivity contribution in [1.29, 1.82) is 0 Å². The topological polar surface area (TPSA) is 16.1 Å². The van der Waals surface area contributed by atoms with E-state index in [1.807, 2.05) is 0 Å². The van der Waals surface area contributed by atoms with Crippen molar-refractivity contribution < 1.29 is 0 Å². The number of thiazole rings is 1. The molecular weight excluding hydrogens is 260 g/mol. The summed E-state index contributed by atoms with van der Waals surface area (Å²) in [4.78, 5) is 8.17. The number of halogens is 1. The molecule has 0 amide bonds. The molecule has 0 saturated heterocycles. The number of alkyl halides is 1. The molecule has 0 aliphatic heterocycles. The van der Waals surface area contributed by atoms with Crippen LogP contribution in [0.15, 0.2) is 0 Å². The van der Waals surface area contributed by atoms with E-state index >= 15 is 0 Å². The first-order valence-corrected chi connectivity index (χ1v) is 6.67. The molecule has 80 valence electrons. The number of aryl methyl sites for hydroxylation is 2. The monoisotopic (exact) mass is 276 g/mol. The molecule has 0 aromatic carbocycles. The van der Waals surface area contributed by atoms with Gasteiger partial charge in [-0.2, -0.15) is 0 Å². The Morgan fingerprint density at radius 2 is 2.14 bits per heavy atom. The normalized spacial score (nSPS) is 13.6. The zero-order valence-corrected chi connectivity index (χ0v) is 11.6. The molecular formula is C10H17BrN2S. The van der Waals surface area contributed by atoms with Crippen molar-refractivity contribution in [3.8, 4) is 0 Å². The molecule has 2 nitrogen and oxygen atoms in total. The van der Waals surface area contributed by atoms with Crippen molar-refractivity contribution in [1.82, 2.24) is 9.88 Å². The highest BCUT2D eigenvalue weighted by Gasteiger charge is 2.11. The Hall–Kier alpha value is 0.0700. The van der Waals surface area contributed by atoms with Crippen molar-refractivity contribution in [2.75, 3.05) is 12.4 Å². The zero-order chi connectivity index (χ0) is 10.7. The van der Waals surface area contributed by atoms with Gasteiger partial charge in [0.15, 0.2) is 0 Å². The Morgan fingerprint density at radius 3 is 2.57 bits per heavy atom. The second-order valence-electron chi connectivity index (χ2n) is 3.67. The summed E-state index contributed by atoms with van der Waals surface area (Å²) in [5.74, 6) is 0. The molecule has 0 radical (unpaired) electrons. The first kappa shape index (κ1) is 12.1. The fourth-order valence-electron chi connectivity index (χ4n) is 1.09. The van der Waals surface area contributed by atoms with Crippen molar-refractivity contribution in [3.05, 3.63) is 15.6 Å². The molecule has 0 bridgehead atoms. The first-order valence-electron chi connectivity index (χ1n) is 4.73. The van der Waals surface area contributed by atoms with E-state index in [4.69, 9.17) is 0 Å². The van der Waals surface area contributed by atoms with Crippen LogP contribution in [0, 0.1) is 13.8 Å². The van der Waals surface area contributed by atoms with Gasteiger partial charge in [-0.3, -0.25) is 4.90 Å². The Balaban J connectivity index is 2.60. The third-order valence-corrected chi connectivity index (χ3v) is 4.43. The third kappa shape index (κ3) is 3.04. The fourth-order valence-corrected chi connectivity index (χ4v) is 2.59. The SMILES string of the molecule is Cc1nc(CN(C)C(C)CBr)sc1C. The van der Waals surface area contributed by atoms with Crippen LogP contribution in [0.2, 0.25) is 0 Å². The molecule has 1 atom stereocenters. The Kier molecular flexibility index (Phi) is 4.54. The van der Waals surface area contributed by atoms with Gasteiger partial charge in [0, 0.05) is 16.2 Å². The number of hydrogen-bond acceptors (Lipinski definition) is 3. The summed E-state index contributed by atoms with van der Waals surface area (Å²) in [6.07, 6.45) is 0. The van der Waals surface area contributed by atoms with Crippen LogP contribution in [0.4, 0.5) is 0 Å². The molecule has 0 aliphatic rings. The van der Waals surface area contributed by atoms with Gasteiger partial charge in [0.25, 0.3) is 0 Å². The van der Waals surface area contributed by atoms with Gasteiger partial charge in [0.1, 0.15) is 5.01 Å². The summed E-state index contributed by atoms with van der Waals surface area (Å²) in [5, 5.41) is 2.22. The quantitative estimate of drug-likeness (QED) is 0.787. The standard InChI is InChI=1S/C10H17BrN2S/c1-7(5-11)13(4)6-10-12-8(2)9(3)14-10/h7H,5-6H2,1-4H3. The zero-order valence-electron chi connectivity index (χ0n) is 9.17. The molecule has 0 aliphatic carbocycles. The van der Waals surface area contributed by atoms with E-state index in [9.17, 15) is 0 Å². The van der Waals surface area contributed by atoms with Gasteiger partial charge < -0.3 is 0 Å². The van der Waals surface area contributed by atoms with Gasteiger partial charge in [0.05, 0.1) is 12.2 Å². The van der Waals surface area contributed by atoms with Gasteiger partial charge in [-0.25, -0.2) is 4.98 Å². The molecule has 0 N–H and O–H groups in total. The maximum absolute atomic E-state index is 4.53. The predicted octanol–water partition coefficient (Wildman–Crippen LogP) is 2.98. The van der Waals surface area contributed by atoms with Crippen LogP contribution >= 0.6 is 27.3 Å². The number of rotatable bonds is 4. The first-order chi connectivity index (χ1) is 6.54. The van der Waals surface area contributed by atoms with Gasteiger partial charge in [-0.15, -0.1) is 11.3 Å². The Labute approximate surface area is 98.5 Å². The van der Waals surface area contributed by atoms with Crippen LogP contribution < -0.4 is 0 Å². The van der Waals surface area contributed by atoms with Crippen LogP contribution in [0.1, 0.15) is 22.5 Å². The van der Waals surface area contributed by atoms with Crippen LogP contribution in [-0.4, -0.2) is 28.3 Å². The highest BCUT2D eigenvalue weighted by Crippen LogP contribution is 2.18. The van der Waals surface area contributed by atoms with Crippen molar-refractivity contribution in [2.24, 2.45) is 0 Å². The summed E-state index contributed by atoms with van der Waals surface area (Å²) in [7, 11) is 2.14. The van der Waals surface area contributed by atoms with Crippen LogP contribution in [0.25, 0.3) is 0 Å². The highest BCUT2D eigenvalue weighted by atomic mass is 79.9. The van der Waals surface area contributed by atoms with E-state index in [0.29, 0.717) is 6.04 Å². The van der Waals surface area contributed by atoms with Crippen LogP contribution in [0.3, 0.4) is 0 Å². The van der Waals surface area contributed by atoms with E-state index in [2.05, 4.69) is 53.6 Å². The van der Waals surface area contributed by atoms with Gasteiger partial charge in [0.2, 0.25) is 0 Å². The lowest BCUT2D eigenvalue weighted by Gasteiger charge is -2.21. The minimum atomic E-state index is 0.555. The number of nitrogens with zero attached hydrogens (tertiary/aromatic N) is 2. The second-order valence-corrected chi connectivity index (χ2v) is 5.60. The summed E-state index contributed by atoms with van der Waals surface area (Å²) in [5.41, 5.74) is 1.17. The molecule has 4 heteroatoms. The smallest absolute Gasteiger partial charge is 0.107 e. The van der Waals surface area contributed by atoms with Crippen LogP contribution in [0.5, 0.6) is 0 Å². The lowest BCUT2D eigenvalue weighted by atomic mass is 10.3. The molecule has 1 aromatic rings. The molecule has 1 aromatic heterocycles. The maximum atomic E-state index is 4.53. The molecule has 0 spiro atoms. The van der Waals surface area contributed by atoms with E-state index < -0.39 is 0 Å². The molecule has 0 fully saturated rings. The highest BCUT2D eigenvalue weighted by molar-refractivity contribution is 9.09. The third-order valence-electron chi connectivity index (χ3n) is 2.43. The van der Waals surface area contributed by atoms with Crippen molar-refractivity contribution in [3.63, 3.8) is 0 Å². The van der Waals surface area contributed by atoms with E-state index in [-0.39, 0.29) is 0 Å². The summed E-state index contributed by atoms with van der Waals surface area (Å²) >= 11 is 5.29. The fraction of sp³-hybridized carbons (Fsp3) is 0.700. The van der Waals surface area contributed by atoms with E-state index in [0.717, 1.165) is 11.9 Å². The lowest BCUT2D eigenvalue weighted by Crippen LogP contribution is -2.29. The largest absolute Gasteiger partial charge is 0.296 e. The maximum Gasteiger partial charge on any atom is 0.107 e. The molecule has 1 heterocycles. The summed E-state index contributed by atoms with van der Waals surface area (Å²) in [6, 6.07) is 0.555. The summed E-state index contributed by atoms with van der Waals surface area (Å²) < 4.78 is 0. The van der Waals surface area contributed by atoms with Gasteiger partial charge in [-0.05, 0) is 27.8 Å². The molecule has 1 unspecified atom stereocenters. The van der Waals surface area contributed by atoms with E-state index in [1.54, 1.807) is 11.3 Å². The number of aromatic nitrogens is 1. The van der Waals surface area contributed by atoms with E-state index in [1.165, 1.54) is 15.6 Å². The molecule has 14 heavy (non-hydrogen) atoms. The van der Waals surface area contributed by atoms with Gasteiger partial charge >= 0.3 is 0 Å². The summed E-state index contributed by atoms with van der Waals surface area (Å²) in [6.45, 7) is 7.36. The number of hydrogen-bond donors (Lipinski definition) is 0. The average Bonchev–Trinajstić information content (AvgIpc) is 2.44. The average molecular weight is 277 g/mol. The second kappa shape index (κ2) is 5.24. The molecule has 0 saturated carbocycles. The van der Waals surface area contributed by atoms with Gasteiger partial charge in [-0.1, -0.05) is 15.9 Å². The lowest BCUT2D eigenvalue weighted by molar-refractivity contribution is 0.270. The minimum absolute atomic E-state index is 0.555. The van der Waals surface area contributed by atoms with Crippen LogP contribution in [-0.2, 0) is 6.54 Å². The molecule has 1 rings (SSSR count). The van der Waals surface area contributed by atoms with Crippen molar-refractivity contribution >= 4 is 27.3 Å². The minimum Gasteiger partial charge on any atom is -0.296 e. The van der Waals surface area contributed by atoms with Crippen molar-refractivity contribution in [2.45, 2.75) is 33.4 Å². The Bertz CT molecular complexity index is 279.